The maximum Gasteiger partial charge on any atom is 0.416 e. The molecule has 2 nitrogen and oxygen atoms in total. The minimum atomic E-state index is -4.54. The number of hydrogen-bond acceptors (Lipinski definition) is 2. The van der Waals surface area contributed by atoms with E-state index in [1.54, 1.807) is 6.07 Å². The van der Waals surface area contributed by atoms with Gasteiger partial charge in [0.15, 0.2) is 0 Å². The summed E-state index contributed by atoms with van der Waals surface area (Å²) in [6.45, 7) is 1.30. The Hall–Kier alpha value is -1.35. The van der Waals surface area contributed by atoms with Crippen molar-refractivity contribution < 1.29 is 18.0 Å². The predicted molar refractivity (Wildman–Crippen MR) is 63.3 cm³/mol. The van der Waals surface area contributed by atoms with E-state index >= 15 is 0 Å². The quantitative estimate of drug-likeness (QED) is 0.800. The standard InChI is InChI=1S/C12H9BrF3NO/c1-7(18)11(13)5-9-3-2-8(6-17)4-10(9)12(14,15)16/h2-4,11H,5H2,1H3. The van der Waals surface area contributed by atoms with Gasteiger partial charge >= 0.3 is 6.18 Å². The first kappa shape index (κ1) is 14.7. The zero-order valence-corrected chi connectivity index (χ0v) is 11.0. The number of benzene rings is 1. The van der Waals surface area contributed by atoms with E-state index in [4.69, 9.17) is 5.26 Å². The number of hydrogen-bond donors (Lipinski definition) is 0. The van der Waals surface area contributed by atoms with Crippen LogP contribution in [0.4, 0.5) is 13.2 Å². The molecule has 0 aliphatic carbocycles. The molecule has 0 radical (unpaired) electrons. The SMILES string of the molecule is CC(=O)C(Br)Cc1ccc(C#N)cc1C(F)(F)F. The number of alkyl halides is 4. The highest BCUT2D eigenvalue weighted by Gasteiger charge is 2.34. The molecule has 0 saturated carbocycles. The third-order valence-corrected chi connectivity index (χ3v) is 3.35. The summed E-state index contributed by atoms with van der Waals surface area (Å²) in [6, 6.07) is 5.01. The number of ketones is 1. The van der Waals surface area contributed by atoms with Crippen LogP contribution in [0, 0.1) is 11.3 Å². The van der Waals surface area contributed by atoms with E-state index in [1.165, 1.54) is 19.1 Å². The van der Waals surface area contributed by atoms with Crippen molar-refractivity contribution in [3.63, 3.8) is 0 Å². The van der Waals surface area contributed by atoms with E-state index in [1.807, 2.05) is 0 Å². The lowest BCUT2D eigenvalue weighted by molar-refractivity contribution is -0.138. The van der Waals surface area contributed by atoms with Crippen LogP contribution in [0.1, 0.15) is 23.6 Å². The van der Waals surface area contributed by atoms with Crippen molar-refractivity contribution in [3.8, 4) is 6.07 Å². The number of Topliss-reactive ketones (excluding diaryl/α,β-unsaturated/α-hetero) is 1. The second-order valence-electron chi connectivity index (χ2n) is 3.76. The van der Waals surface area contributed by atoms with Gasteiger partial charge in [-0.3, -0.25) is 4.79 Å². The Balaban J connectivity index is 3.20. The van der Waals surface area contributed by atoms with E-state index in [2.05, 4.69) is 15.9 Å². The van der Waals surface area contributed by atoms with Gasteiger partial charge in [-0.05, 0) is 31.0 Å². The normalized spacial score (nSPS) is 12.9. The maximum atomic E-state index is 12.8. The van der Waals surface area contributed by atoms with Crippen molar-refractivity contribution in [1.82, 2.24) is 0 Å². The first-order valence-electron chi connectivity index (χ1n) is 5.00. The molecule has 0 aliphatic heterocycles. The molecule has 1 atom stereocenters. The zero-order chi connectivity index (χ0) is 13.9. The van der Waals surface area contributed by atoms with Gasteiger partial charge in [0.2, 0.25) is 0 Å². The van der Waals surface area contributed by atoms with Crippen LogP contribution in [0.25, 0.3) is 0 Å². The summed E-state index contributed by atoms with van der Waals surface area (Å²) in [6.07, 6.45) is -4.60. The van der Waals surface area contributed by atoms with E-state index in [0.29, 0.717) is 0 Å². The smallest absolute Gasteiger partial charge is 0.299 e. The van der Waals surface area contributed by atoms with Gasteiger partial charge in [-0.1, -0.05) is 22.0 Å². The van der Waals surface area contributed by atoms with Gasteiger partial charge in [0.05, 0.1) is 22.0 Å². The van der Waals surface area contributed by atoms with E-state index in [9.17, 15) is 18.0 Å². The second kappa shape index (κ2) is 5.53. The lowest BCUT2D eigenvalue weighted by atomic mass is 9.99. The maximum absolute atomic E-state index is 12.8. The van der Waals surface area contributed by atoms with Crippen molar-refractivity contribution in [2.45, 2.75) is 24.3 Å². The first-order chi connectivity index (χ1) is 8.25. The first-order valence-corrected chi connectivity index (χ1v) is 5.92. The van der Waals surface area contributed by atoms with Gasteiger partial charge in [0, 0.05) is 0 Å². The fourth-order valence-electron chi connectivity index (χ4n) is 1.42. The minimum Gasteiger partial charge on any atom is -0.299 e. The summed E-state index contributed by atoms with van der Waals surface area (Å²) in [5.74, 6) is -0.243. The molecule has 18 heavy (non-hydrogen) atoms. The molecule has 1 aromatic rings. The molecule has 0 bridgehead atoms. The Kier molecular flexibility index (Phi) is 4.52. The fraction of sp³-hybridized carbons (Fsp3) is 0.333. The van der Waals surface area contributed by atoms with Crippen molar-refractivity contribution >= 4 is 21.7 Å². The molecule has 0 amide bonds. The predicted octanol–water partition coefficient (Wildman–Crippen LogP) is 3.47. The van der Waals surface area contributed by atoms with E-state index < -0.39 is 16.6 Å². The molecule has 0 heterocycles. The summed E-state index contributed by atoms with van der Waals surface area (Å²) in [5, 5.41) is 8.61. The molecule has 1 aromatic carbocycles. The molecule has 0 aliphatic rings. The molecular weight excluding hydrogens is 311 g/mol. The second-order valence-corrected chi connectivity index (χ2v) is 4.87. The van der Waals surface area contributed by atoms with Gasteiger partial charge in [0.1, 0.15) is 5.78 Å². The Morgan fingerprint density at radius 1 is 1.50 bits per heavy atom. The van der Waals surface area contributed by atoms with Crippen LogP contribution >= 0.6 is 15.9 Å². The Labute approximate surface area is 111 Å². The summed E-state index contributed by atoms with van der Waals surface area (Å²) in [7, 11) is 0. The summed E-state index contributed by atoms with van der Waals surface area (Å²) >= 11 is 3.03. The molecule has 6 heteroatoms. The van der Waals surface area contributed by atoms with Gasteiger partial charge in [-0.2, -0.15) is 18.4 Å². The third kappa shape index (κ3) is 3.57. The summed E-state index contributed by atoms with van der Waals surface area (Å²) in [5.41, 5.74) is -0.925. The summed E-state index contributed by atoms with van der Waals surface area (Å²) in [4.78, 5) is 10.4. The van der Waals surface area contributed by atoms with Crippen molar-refractivity contribution in [2.75, 3.05) is 0 Å². The monoisotopic (exact) mass is 319 g/mol. The Morgan fingerprint density at radius 2 is 2.11 bits per heavy atom. The number of halogens is 4. The highest BCUT2D eigenvalue weighted by Crippen LogP contribution is 2.33. The number of carbonyl (C=O) groups excluding carboxylic acids is 1. The lowest BCUT2D eigenvalue weighted by Crippen LogP contribution is -2.17. The van der Waals surface area contributed by atoms with Crippen LogP contribution in [-0.2, 0) is 17.4 Å². The third-order valence-electron chi connectivity index (χ3n) is 2.38. The zero-order valence-electron chi connectivity index (χ0n) is 9.38. The molecule has 0 aromatic heterocycles. The van der Waals surface area contributed by atoms with E-state index in [-0.39, 0.29) is 23.3 Å². The molecule has 0 fully saturated rings. The van der Waals surface area contributed by atoms with Gasteiger partial charge in [0.25, 0.3) is 0 Å². The molecule has 1 unspecified atom stereocenters. The Morgan fingerprint density at radius 3 is 2.56 bits per heavy atom. The number of nitriles is 1. The highest BCUT2D eigenvalue weighted by atomic mass is 79.9. The average Bonchev–Trinajstić information content (AvgIpc) is 2.27. The fourth-order valence-corrected chi connectivity index (χ4v) is 1.77. The van der Waals surface area contributed by atoms with Crippen molar-refractivity contribution in [1.29, 1.82) is 5.26 Å². The van der Waals surface area contributed by atoms with Crippen LogP contribution in [0.5, 0.6) is 0 Å². The minimum absolute atomic E-state index is 0.00132. The van der Waals surface area contributed by atoms with E-state index in [0.717, 1.165) is 6.07 Å². The molecular formula is C12H9BrF3NO. The highest BCUT2D eigenvalue weighted by molar-refractivity contribution is 9.10. The number of carbonyl (C=O) groups is 1. The lowest BCUT2D eigenvalue weighted by Gasteiger charge is -2.14. The molecule has 0 N–H and O–H groups in total. The van der Waals surface area contributed by atoms with Crippen LogP contribution in [0.3, 0.4) is 0 Å². The largest absolute Gasteiger partial charge is 0.416 e. The van der Waals surface area contributed by atoms with Crippen LogP contribution in [-0.4, -0.2) is 10.6 Å². The van der Waals surface area contributed by atoms with Crippen LogP contribution < -0.4 is 0 Å². The average molecular weight is 320 g/mol. The molecule has 1 rings (SSSR count). The Bertz CT molecular complexity index is 505. The van der Waals surface area contributed by atoms with Crippen molar-refractivity contribution in [2.24, 2.45) is 0 Å². The summed E-state index contributed by atoms with van der Waals surface area (Å²) < 4.78 is 38.4. The van der Waals surface area contributed by atoms with Gasteiger partial charge < -0.3 is 0 Å². The number of nitrogens with zero attached hydrogens (tertiary/aromatic N) is 1. The van der Waals surface area contributed by atoms with Crippen LogP contribution in [0.2, 0.25) is 0 Å². The van der Waals surface area contributed by atoms with Gasteiger partial charge in [-0.15, -0.1) is 0 Å². The molecule has 96 valence electrons. The van der Waals surface area contributed by atoms with Gasteiger partial charge in [-0.25, -0.2) is 0 Å². The number of rotatable bonds is 3. The molecule has 0 spiro atoms. The molecule has 0 saturated heterocycles. The van der Waals surface area contributed by atoms with Crippen molar-refractivity contribution in [3.05, 3.63) is 34.9 Å². The topological polar surface area (TPSA) is 40.9 Å². The van der Waals surface area contributed by atoms with Crippen LogP contribution in [0.15, 0.2) is 18.2 Å².